The van der Waals surface area contributed by atoms with Crippen molar-refractivity contribution >= 4 is 0 Å². The van der Waals surface area contributed by atoms with Gasteiger partial charge < -0.3 is 14.2 Å². The Morgan fingerprint density at radius 1 is 1.12 bits per heavy atom. The molecule has 1 saturated heterocycles. The number of ether oxygens (including phenoxy) is 3. The summed E-state index contributed by atoms with van der Waals surface area (Å²) in [5.74, 6) is -0.590. The molecular weight excluding hydrogens is 204 g/mol. The summed E-state index contributed by atoms with van der Waals surface area (Å²) in [4.78, 5) is 0. The molecule has 0 spiro atoms. The Bertz CT molecular complexity index is 347. The fourth-order valence-corrected chi connectivity index (χ4v) is 1.95. The molecule has 0 amide bonds. The highest BCUT2D eigenvalue weighted by atomic mass is 16.8. The Kier molecular flexibility index (Phi) is 3.02. The Labute approximate surface area is 96.3 Å². The lowest BCUT2D eigenvalue weighted by Gasteiger charge is -2.16. The van der Waals surface area contributed by atoms with Crippen molar-refractivity contribution in [1.29, 1.82) is 0 Å². The normalized spacial score (nSPS) is 26.7. The molecular formula is C13H18O3. The van der Waals surface area contributed by atoms with Crippen LogP contribution in [0.25, 0.3) is 0 Å². The fraction of sp³-hybridized carbons (Fsp3) is 0.538. The average molecular weight is 222 g/mol. The summed E-state index contributed by atoms with van der Waals surface area (Å²) in [6, 6.07) is 10.0. The third-order valence-corrected chi connectivity index (χ3v) is 2.90. The van der Waals surface area contributed by atoms with Gasteiger partial charge in [-0.3, -0.25) is 0 Å². The maximum Gasteiger partial charge on any atom is 0.225 e. The van der Waals surface area contributed by atoms with Gasteiger partial charge in [0.05, 0.1) is 13.2 Å². The Balaban J connectivity index is 2.13. The molecule has 1 aromatic carbocycles. The van der Waals surface area contributed by atoms with Crippen LogP contribution in [0.3, 0.4) is 0 Å². The predicted molar refractivity (Wildman–Crippen MR) is 61.1 cm³/mol. The lowest BCUT2D eigenvalue weighted by Crippen LogP contribution is -2.24. The van der Waals surface area contributed by atoms with Crippen LogP contribution in [0.4, 0.5) is 0 Å². The SMILES string of the molecule is COCCOC1(c2ccccc2)OC1(C)C. The van der Waals surface area contributed by atoms with E-state index in [2.05, 4.69) is 0 Å². The van der Waals surface area contributed by atoms with Crippen molar-refractivity contribution in [3.05, 3.63) is 35.9 Å². The number of hydrogen-bond donors (Lipinski definition) is 0. The molecule has 1 unspecified atom stereocenters. The number of rotatable bonds is 5. The first-order valence-corrected chi connectivity index (χ1v) is 5.51. The highest BCUT2D eigenvalue weighted by molar-refractivity contribution is 5.29. The molecule has 0 saturated carbocycles. The van der Waals surface area contributed by atoms with Crippen molar-refractivity contribution in [2.24, 2.45) is 0 Å². The van der Waals surface area contributed by atoms with Gasteiger partial charge in [-0.1, -0.05) is 30.3 Å². The summed E-state index contributed by atoms with van der Waals surface area (Å²) in [6.45, 7) is 5.18. The molecule has 3 heteroatoms. The maximum absolute atomic E-state index is 5.84. The van der Waals surface area contributed by atoms with E-state index in [1.54, 1.807) is 7.11 Å². The van der Waals surface area contributed by atoms with Crippen LogP contribution in [0.2, 0.25) is 0 Å². The van der Waals surface area contributed by atoms with Gasteiger partial charge in [0.2, 0.25) is 5.79 Å². The van der Waals surface area contributed by atoms with Crippen LogP contribution < -0.4 is 0 Å². The fourth-order valence-electron chi connectivity index (χ4n) is 1.95. The van der Waals surface area contributed by atoms with Gasteiger partial charge in [0, 0.05) is 12.7 Å². The summed E-state index contributed by atoms with van der Waals surface area (Å²) >= 11 is 0. The van der Waals surface area contributed by atoms with Crippen LogP contribution in [0.5, 0.6) is 0 Å². The molecule has 0 aliphatic carbocycles. The van der Waals surface area contributed by atoms with Gasteiger partial charge in [-0.15, -0.1) is 0 Å². The zero-order chi connectivity index (χ0) is 11.6. The first-order chi connectivity index (χ1) is 7.62. The Hall–Kier alpha value is -0.900. The second kappa shape index (κ2) is 4.17. The summed E-state index contributed by atoms with van der Waals surface area (Å²) in [7, 11) is 1.66. The first kappa shape index (κ1) is 11.6. The first-order valence-electron chi connectivity index (χ1n) is 5.51. The standard InChI is InChI=1S/C13H18O3/c1-12(2)13(16-12,15-10-9-14-3)11-7-5-4-6-8-11/h4-8H,9-10H2,1-3H3. The van der Waals surface area contributed by atoms with Crippen LogP contribution in [0, 0.1) is 0 Å². The van der Waals surface area contributed by atoms with Crippen molar-refractivity contribution < 1.29 is 14.2 Å². The van der Waals surface area contributed by atoms with Gasteiger partial charge in [0.25, 0.3) is 0 Å². The van der Waals surface area contributed by atoms with Crippen LogP contribution in [0.1, 0.15) is 19.4 Å². The molecule has 1 aliphatic rings. The van der Waals surface area contributed by atoms with Gasteiger partial charge in [-0.25, -0.2) is 0 Å². The van der Waals surface area contributed by atoms with E-state index in [9.17, 15) is 0 Å². The summed E-state index contributed by atoms with van der Waals surface area (Å²) in [6.07, 6.45) is 0. The average Bonchev–Trinajstić information content (AvgIpc) is 2.84. The van der Waals surface area contributed by atoms with Crippen molar-refractivity contribution in [3.63, 3.8) is 0 Å². The summed E-state index contributed by atoms with van der Waals surface area (Å²) in [5.41, 5.74) is 0.804. The van der Waals surface area contributed by atoms with Crippen LogP contribution >= 0.6 is 0 Å². The highest BCUT2D eigenvalue weighted by Crippen LogP contribution is 2.56. The number of benzene rings is 1. The monoisotopic (exact) mass is 222 g/mol. The molecule has 3 nitrogen and oxygen atoms in total. The Morgan fingerprint density at radius 2 is 1.75 bits per heavy atom. The zero-order valence-electron chi connectivity index (χ0n) is 10.0. The second-order valence-corrected chi connectivity index (χ2v) is 4.44. The molecule has 16 heavy (non-hydrogen) atoms. The summed E-state index contributed by atoms with van der Waals surface area (Å²) < 4.78 is 16.6. The summed E-state index contributed by atoms with van der Waals surface area (Å²) in [5, 5.41) is 0. The van der Waals surface area contributed by atoms with Crippen LogP contribution in [-0.2, 0) is 20.0 Å². The lowest BCUT2D eigenvalue weighted by molar-refractivity contribution is -0.0658. The zero-order valence-corrected chi connectivity index (χ0v) is 10.0. The third-order valence-electron chi connectivity index (χ3n) is 2.90. The molecule has 0 aromatic heterocycles. The number of hydrogen-bond acceptors (Lipinski definition) is 3. The van der Waals surface area contributed by atoms with E-state index in [4.69, 9.17) is 14.2 Å². The minimum atomic E-state index is -0.590. The molecule has 0 bridgehead atoms. The lowest BCUT2D eigenvalue weighted by atomic mass is 9.99. The van der Waals surface area contributed by atoms with Crippen molar-refractivity contribution in [2.75, 3.05) is 20.3 Å². The molecule has 2 rings (SSSR count). The van der Waals surface area contributed by atoms with Crippen molar-refractivity contribution in [3.8, 4) is 0 Å². The molecule has 1 aliphatic heterocycles. The van der Waals surface area contributed by atoms with E-state index in [1.807, 2.05) is 44.2 Å². The molecule has 1 aromatic rings. The van der Waals surface area contributed by atoms with Gasteiger partial charge in [0.1, 0.15) is 5.60 Å². The quantitative estimate of drug-likeness (QED) is 0.566. The van der Waals surface area contributed by atoms with E-state index in [0.717, 1.165) is 5.56 Å². The largest absolute Gasteiger partial charge is 0.382 e. The van der Waals surface area contributed by atoms with E-state index < -0.39 is 5.79 Å². The van der Waals surface area contributed by atoms with Crippen LogP contribution in [0.15, 0.2) is 30.3 Å². The molecule has 0 N–H and O–H groups in total. The minimum Gasteiger partial charge on any atom is -0.382 e. The topological polar surface area (TPSA) is 31.0 Å². The van der Waals surface area contributed by atoms with Gasteiger partial charge in [-0.05, 0) is 13.8 Å². The maximum atomic E-state index is 5.84. The molecule has 1 atom stereocenters. The predicted octanol–water partition coefficient (Wildman–Crippen LogP) is 2.31. The van der Waals surface area contributed by atoms with Gasteiger partial charge in [-0.2, -0.15) is 0 Å². The third kappa shape index (κ3) is 1.86. The number of methoxy groups -OCH3 is 1. The van der Waals surface area contributed by atoms with Crippen LogP contribution in [-0.4, -0.2) is 25.9 Å². The second-order valence-electron chi connectivity index (χ2n) is 4.44. The molecule has 1 fully saturated rings. The number of epoxide rings is 1. The molecule has 0 radical (unpaired) electrons. The van der Waals surface area contributed by atoms with E-state index in [0.29, 0.717) is 13.2 Å². The minimum absolute atomic E-state index is 0.262. The van der Waals surface area contributed by atoms with E-state index in [-0.39, 0.29) is 5.60 Å². The van der Waals surface area contributed by atoms with E-state index >= 15 is 0 Å². The Morgan fingerprint density at radius 3 is 2.25 bits per heavy atom. The van der Waals surface area contributed by atoms with Crippen molar-refractivity contribution in [1.82, 2.24) is 0 Å². The highest BCUT2D eigenvalue weighted by Gasteiger charge is 2.66. The van der Waals surface area contributed by atoms with E-state index in [1.165, 1.54) is 0 Å². The smallest absolute Gasteiger partial charge is 0.225 e. The van der Waals surface area contributed by atoms with Gasteiger partial charge in [0.15, 0.2) is 0 Å². The van der Waals surface area contributed by atoms with Crippen molar-refractivity contribution in [2.45, 2.75) is 25.2 Å². The van der Waals surface area contributed by atoms with Gasteiger partial charge >= 0.3 is 0 Å². The molecule has 1 heterocycles. The molecule has 88 valence electrons.